The topological polar surface area (TPSA) is 101 Å². The Kier molecular flexibility index (Phi) is 7.79. The summed E-state index contributed by atoms with van der Waals surface area (Å²) < 4.78 is 7.93. The normalized spacial score (nSPS) is 17.3. The number of fused-ring (bicyclic) bond motifs is 1. The summed E-state index contributed by atoms with van der Waals surface area (Å²) in [6.45, 7) is 2.05. The molecule has 192 valence electrons. The van der Waals surface area contributed by atoms with Crippen molar-refractivity contribution in [3.8, 4) is 0 Å². The van der Waals surface area contributed by atoms with Gasteiger partial charge in [-0.05, 0) is 47.5 Å². The molecule has 4 amide bonds. The average molecular weight is 604 g/mol. The summed E-state index contributed by atoms with van der Waals surface area (Å²) in [5.74, 6) is -0.913. The number of carbonyl (C=O) groups excluding carboxylic acids is 4. The van der Waals surface area contributed by atoms with Gasteiger partial charge in [-0.2, -0.15) is 0 Å². The molecular weight excluding hydrogens is 580 g/mol. The first-order valence-electron chi connectivity index (χ1n) is 11.6. The second-order valence-electron chi connectivity index (χ2n) is 8.49. The van der Waals surface area contributed by atoms with Crippen molar-refractivity contribution < 1.29 is 23.9 Å². The largest absolute Gasteiger partial charge is 0.378 e. The molecule has 0 saturated carbocycles. The summed E-state index contributed by atoms with van der Waals surface area (Å²) in [5.41, 5.74) is 1.52. The van der Waals surface area contributed by atoms with E-state index < -0.39 is 11.1 Å². The fraction of sp³-hybridized carbons (Fsp3) is 0.280. The smallest absolute Gasteiger partial charge is 0.294 e. The van der Waals surface area contributed by atoms with E-state index in [1.165, 1.54) is 0 Å². The van der Waals surface area contributed by atoms with Crippen LogP contribution in [0.4, 0.5) is 4.79 Å². The van der Waals surface area contributed by atoms with Gasteiger partial charge in [-0.1, -0.05) is 22.0 Å². The Bertz CT molecular complexity index is 1400. The summed E-state index contributed by atoms with van der Waals surface area (Å²) in [7, 11) is 0. The van der Waals surface area contributed by atoms with Crippen molar-refractivity contribution in [3.05, 3.63) is 61.7 Å². The van der Waals surface area contributed by atoms with Crippen LogP contribution >= 0.6 is 39.0 Å². The summed E-state index contributed by atoms with van der Waals surface area (Å²) >= 11 is 5.88. The van der Waals surface area contributed by atoms with Crippen molar-refractivity contribution >= 4 is 79.0 Å². The zero-order valence-electron chi connectivity index (χ0n) is 19.6. The van der Waals surface area contributed by atoms with Crippen LogP contribution in [0.3, 0.4) is 0 Å². The highest BCUT2D eigenvalue weighted by Gasteiger charge is 2.37. The van der Waals surface area contributed by atoms with E-state index in [1.807, 2.05) is 40.3 Å². The minimum atomic E-state index is -0.499. The fourth-order valence-electron chi connectivity index (χ4n) is 4.18. The Labute approximate surface area is 229 Å². The van der Waals surface area contributed by atoms with Crippen LogP contribution in [0, 0.1) is 0 Å². The van der Waals surface area contributed by atoms with E-state index in [-0.39, 0.29) is 29.8 Å². The number of thioether (sulfide) groups is 1. The van der Waals surface area contributed by atoms with Gasteiger partial charge in [0, 0.05) is 45.1 Å². The second kappa shape index (κ2) is 11.2. The molecule has 4 heterocycles. The molecule has 3 aromatic rings. The first-order chi connectivity index (χ1) is 17.9. The van der Waals surface area contributed by atoms with Gasteiger partial charge in [0.25, 0.3) is 11.1 Å². The number of morpholine rings is 1. The lowest BCUT2D eigenvalue weighted by atomic mass is 10.1. The van der Waals surface area contributed by atoms with Gasteiger partial charge in [-0.25, -0.2) is 0 Å². The van der Waals surface area contributed by atoms with E-state index in [9.17, 15) is 19.2 Å². The van der Waals surface area contributed by atoms with Crippen LogP contribution in [-0.2, 0) is 32.2 Å². The van der Waals surface area contributed by atoms with Crippen molar-refractivity contribution in [1.82, 2.24) is 19.7 Å². The number of imide groups is 1. The number of ether oxygens (including phenoxy) is 1. The molecular formula is C25H23BrN4O5S2. The third-order valence-electron chi connectivity index (χ3n) is 6.05. The van der Waals surface area contributed by atoms with Crippen LogP contribution < -0.4 is 5.32 Å². The number of hydrogen-bond acceptors (Lipinski definition) is 7. The highest BCUT2D eigenvalue weighted by molar-refractivity contribution is 9.10. The maximum atomic E-state index is 13.1. The van der Waals surface area contributed by atoms with E-state index in [4.69, 9.17) is 4.74 Å². The van der Waals surface area contributed by atoms with Crippen molar-refractivity contribution in [3.63, 3.8) is 0 Å². The van der Waals surface area contributed by atoms with Gasteiger partial charge in [0.15, 0.2) is 0 Å². The number of thiophene rings is 1. The highest BCUT2D eigenvalue weighted by atomic mass is 79.9. The third kappa shape index (κ3) is 5.82. The number of nitrogens with one attached hydrogen (secondary N) is 1. The molecule has 12 heteroatoms. The lowest BCUT2D eigenvalue weighted by molar-refractivity contribution is -0.139. The maximum Gasteiger partial charge on any atom is 0.294 e. The lowest BCUT2D eigenvalue weighted by Crippen LogP contribution is -2.46. The number of aromatic nitrogens is 1. The fourth-order valence-corrected chi connectivity index (χ4v) is 6.01. The number of benzene rings is 1. The Morgan fingerprint density at radius 3 is 2.70 bits per heavy atom. The van der Waals surface area contributed by atoms with Gasteiger partial charge in [0.05, 0.1) is 24.7 Å². The first-order valence-corrected chi connectivity index (χ1v) is 14.1. The third-order valence-corrected chi connectivity index (χ3v) is 8.32. The van der Waals surface area contributed by atoms with E-state index in [0.717, 1.165) is 36.9 Å². The predicted molar refractivity (Wildman–Crippen MR) is 146 cm³/mol. The summed E-state index contributed by atoms with van der Waals surface area (Å²) in [6, 6.07) is 9.60. The van der Waals surface area contributed by atoms with Gasteiger partial charge >= 0.3 is 0 Å². The highest BCUT2D eigenvalue weighted by Crippen LogP contribution is 2.35. The van der Waals surface area contributed by atoms with Crippen LogP contribution in [0.25, 0.3) is 17.0 Å². The van der Waals surface area contributed by atoms with Crippen molar-refractivity contribution in [1.29, 1.82) is 0 Å². The molecule has 2 saturated heterocycles. The summed E-state index contributed by atoms with van der Waals surface area (Å²) in [4.78, 5) is 54.8. The number of hydrogen-bond donors (Lipinski definition) is 1. The molecule has 9 nitrogen and oxygen atoms in total. The van der Waals surface area contributed by atoms with Crippen LogP contribution in [0.5, 0.6) is 0 Å². The zero-order valence-corrected chi connectivity index (χ0v) is 22.9. The summed E-state index contributed by atoms with van der Waals surface area (Å²) in [6.07, 6.45) is 3.45. The van der Waals surface area contributed by atoms with Gasteiger partial charge in [0.2, 0.25) is 11.8 Å². The summed E-state index contributed by atoms with van der Waals surface area (Å²) in [5, 5.41) is 5.25. The maximum absolute atomic E-state index is 13.1. The SMILES string of the molecule is O=C(Cn1cc(/C=C2\SC(=O)N(CC(=O)N3CCOCC3)C2=O)c2cc(Br)ccc21)NCc1cccs1. The molecule has 2 aliphatic rings. The molecule has 2 aromatic heterocycles. The average Bonchev–Trinajstić information content (AvgIpc) is 3.59. The molecule has 0 unspecified atom stereocenters. The van der Waals surface area contributed by atoms with Crippen molar-refractivity contribution in [2.75, 3.05) is 32.8 Å². The van der Waals surface area contributed by atoms with Gasteiger partial charge in [-0.15, -0.1) is 11.3 Å². The van der Waals surface area contributed by atoms with Crippen LogP contribution in [0.15, 0.2) is 51.3 Å². The number of carbonyl (C=O) groups is 4. The van der Waals surface area contributed by atoms with E-state index in [1.54, 1.807) is 28.5 Å². The molecule has 2 aliphatic heterocycles. The van der Waals surface area contributed by atoms with Crippen molar-refractivity contribution in [2.24, 2.45) is 0 Å². The lowest BCUT2D eigenvalue weighted by Gasteiger charge is -2.28. The molecule has 1 N–H and O–H groups in total. The molecule has 37 heavy (non-hydrogen) atoms. The first kappa shape index (κ1) is 25.7. The monoisotopic (exact) mass is 602 g/mol. The quantitative estimate of drug-likeness (QED) is 0.414. The number of amides is 4. The Balaban J connectivity index is 1.35. The zero-order chi connectivity index (χ0) is 25.9. The van der Waals surface area contributed by atoms with Crippen molar-refractivity contribution in [2.45, 2.75) is 13.1 Å². The number of rotatable bonds is 7. The molecule has 5 rings (SSSR count). The van der Waals surface area contributed by atoms with Crippen LogP contribution in [0.1, 0.15) is 10.4 Å². The number of halogens is 1. The van der Waals surface area contributed by atoms with Crippen LogP contribution in [0.2, 0.25) is 0 Å². The van der Waals surface area contributed by atoms with Crippen LogP contribution in [-0.4, -0.2) is 70.2 Å². The van der Waals surface area contributed by atoms with Gasteiger partial charge in [0.1, 0.15) is 13.1 Å². The van der Waals surface area contributed by atoms with E-state index in [0.29, 0.717) is 38.4 Å². The molecule has 0 bridgehead atoms. The minimum Gasteiger partial charge on any atom is -0.378 e. The molecule has 0 radical (unpaired) electrons. The molecule has 0 spiro atoms. The predicted octanol–water partition coefficient (Wildman–Crippen LogP) is 3.68. The van der Waals surface area contributed by atoms with Gasteiger partial charge < -0.3 is 19.5 Å². The Morgan fingerprint density at radius 1 is 1.14 bits per heavy atom. The van der Waals surface area contributed by atoms with Gasteiger partial charge in [-0.3, -0.25) is 24.1 Å². The molecule has 0 aliphatic carbocycles. The molecule has 1 aromatic carbocycles. The second-order valence-corrected chi connectivity index (χ2v) is 11.4. The molecule has 0 atom stereocenters. The Morgan fingerprint density at radius 2 is 1.95 bits per heavy atom. The standard InChI is InChI=1S/C25H23BrN4O5S2/c26-17-3-4-20-19(11-17)16(13-29(20)14-22(31)27-12-18-2-1-9-36-18)10-21-24(33)30(25(34)37-21)15-23(32)28-5-7-35-8-6-28/h1-4,9-11,13H,5-8,12,14-15H2,(H,27,31)/b21-10-. The number of nitrogens with zero attached hydrogens (tertiary/aromatic N) is 3. The minimum absolute atomic E-state index is 0.104. The Hall–Kier alpha value is -2.93. The molecule has 2 fully saturated rings. The van der Waals surface area contributed by atoms with E-state index in [2.05, 4.69) is 21.2 Å². The van der Waals surface area contributed by atoms with E-state index >= 15 is 0 Å².